The van der Waals surface area contributed by atoms with Crippen molar-refractivity contribution in [1.29, 1.82) is 0 Å². The zero-order chi connectivity index (χ0) is 11.6. The van der Waals surface area contributed by atoms with E-state index in [1.54, 1.807) is 6.07 Å². The summed E-state index contributed by atoms with van der Waals surface area (Å²) in [6.07, 6.45) is 0. The van der Waals surface area contributed by atoms with Crippen LogP contribution >= 0.6 is 15.9 Å². The predicted molar refractivity (Wildman–Crippen MR) is 59.5 cm³/mol. The molecule has 1 heterocycles. The van der Waals surface area contributed by atoms with Crippen LogP contribution in [0.1, 0.15) is 24.3 Å². The molecule has 0 radical (unpaired) electrons. The van der Waals surface area contributed by atoms with Gasteiger partial charge >= 0.3 is 5.97 Å². The molecule has 0 bridgehead atoms. The van der Waals surface area contributed by atoms with Crippen molar-refractivity contribution in [2.24, 2.45) is 5.73 Å². The molecule has 0 saturated carbocycles. The second-order valence-electron chi connectivity index (χ2n) is 3.99. The lowest BCUT2D eigenvalue weighted by molar-refractivity contribution is 0.0585. The van der Waals surface area contributed by atoms with Gasteiger partial charge in [-0.1, -0.05) is 0 Å². The molecule has 15 heavy (non-hydrogen) atoms. The zero-order valence-corrected chi connectivity index (χ0v) is 10.5. The van der Waals surface area contributed by atoms with Gasteiger partial charge in [0.2, 0.25) is 0 Å². The van der Waals surface area contributed by atoms with Crippen LogP contribution in [0.2, 0.25) is 0 Å². The highest BCUT2D eigenvalue weighted by Gasteiger charge is 2.19. The Morgan fingerprint density at radius 1 is 1.73 bits per heavy atom. The number of carbonyl (C=O) groups is 1. The Morgan fingerprint density at radius 2 is 2.33 bits per heavy atom. The molecule has 2 N–H and O–H groups in total. The molecule has 1 aromatic heterocycles. The maximum Gasteiger partial charge on any atom is 0.356 e. The van der Waals surface area contributed by atoms with Gasteiger partial charge in [-0.15, -0.1) is 0 Å². The lowest BCUT2D eigenvalue weighted by Gasteiger charge is -2.19. The summed E-state index contributed by atoms with van der Waals surface area (Å²) >= 11 is 3.21. The maximum atomic E-state index is 11.4. The molecule has 0 saturated heterocycles. The van der Waals surface area contributed by atoms with Gasteiger partial charge in [-0.05, 0) is 29.8 Å². The summed E-state index contributed by atoms with van der Waals surface area (Å²) in [5.74, 6) is -0.419. The van der Waals surface area contributed by atoms with Gasteiger partial charge in [-0.2, -0.15) is 5.10 Å². The first-order valence-corrected chi connectivity index (χ1v) is 5.23. The maximum absolute atomic E-state index is 11.4. The van der Waals surface area contributed by atoms with Crippen LogP contribution in [-0.2, 0) is 11.3 Å². The van der Waals surface area contributed by atoms with Gasteiger partial charge in [-0.25, -0.2) is 4.79 Å². The highest BCUT2D eigenvalue weighted by atomic mass is 79.9. The Kier molecular flexibility index (Phi) is 3.51. The Bertz CT molecular complexity index is 368. The minimum Gasteiger partial charge on any atom is -0.464 e. The van der Waals surface area contributed by atoms with Crippen molar-refractivity contribution in [1.82, 2.24) is 9.78 Å². The van der Waals surface area contributed by atoms with Crippen molar-refractivity contribution in [2.45, 2.75) is 25.9 Å². The second-order valence-corrected chi connectivity index (χ2v) is 4.80. The number of ether oxygens (including phenoxy) is 1. The first kappa shape index (κ1) is 12.2. The monoisotopic (exact) mass is 275 g/mol. The SMILES string of the molecule is COC(=O)c1cc(Br)nn1CC(C)(C)N. The van der Waals surface area contributed by atoms with E-state index in [2.05, 4.69) is 25.8 Å². The van der Waals surface area contributed by atoms with Crippen molar-refractivity contribution < 1.29 is 9.53 Å². The Labute approximate surface area is 96.7 Å². The molecule has 6 heteroatoms. The smallest absolute Gasteiger partial charge is 0.356 e. The van der Waals surface area contributed by atoms with Crippen LogP contribution in [0.25, 0.3) is 0 Å². The summed E-state index contributed by atoms with van der Waals surface area (Å²) in [4.78, 5) is 11.4. The van der Waals surface area contributed by atoms with Crippen LogP contribution < -0.4 is 5.73 Å². The Balaban J connectivity index is 3.01. The van der Waals surface area contributed by atoms with E-state index in [4.69, 9.17) is 5.73 Å². The molecule has 0 spiro atoms. The van der Waals surface area contributed by atoms with Crippen molar-refractivity contribution >= 4 is 21.9 Å². The normalized spacial score (nSPS) is 11.5. The van der Waals surface area contributed by atoms with E-state index >= 15 is 0 Å². The van der Waals surface area contributed by atoms with Gasteiger partial charge < -0.3 is 10.5 Å². The van der Waals surface area contributed by atoms with Gasteiger partial charge in [0.1, 0.15) is 10.3 Å². The van der Waals surface area contributed by atoms with Gasteiger partial charge in [0.05, 0.1) is 13.7 Å². The largest absolute Gasteiger partial charge is 0.464 e. The summed E-state index contributed by atoms with van der Waals surface area (Å²) in [5.41, 5.74) is 5.81. The molecule has 0 amide bonds. The minimum absolute atomic E-state index is 0.392. The standard InChI is InChI=1S/C9H14BrN3O2/c1-9(2,11)5-13-6(8(14)15-3)4-7(10)12-13/h4H,5,11H2,1-3H3. The third kappa shape index (κ3) is 3.32. The fraction of sp³-hybridized carbons (Fsp3) is 0.556. The lowest BCUT2D eigenvalue weighted by Crippen LogP contribution is -2.38. The van der Waals surface area contributed by atoms with Crippen LogP contribution in [0.3, 0.4) is 0 Å². The Hall–Kier alpha value is -0.880. The van der Waals surface area contributed by atoms with Crippen LogP contribution in [-0.4, -0.2) is 28.4 Å². The number of aromatic nitrogens is 2. The predicted octanol–water partition coefficient (Wildman–Crippen LogP) is 1.17. The van der Waals surface area contributed by atoms with E-state index in [0.29, 0.717) is 16.8 Å². The molecule has 5 nitrogen and oxygen atoms in total. The fourth-order valence-electron chi connectivity index (χ4n) is 1.16. The molecular weight excluding hydrogens is 262 g/mol. The number of methoxy groups -OCH3 is 1. The zero-order valence-electron chi connectivity index (χ0n) is 8.95. The number of hydrogen-bond acceptors (Lipinski definition) is 4. The highest BCUT2D eigenvalue weighted by Crippen LogP contribution is 2.14. The summed E-state index contributed by atoms with van der Waals surface area (Å²) in [7, 11) is 1.33. The number of nitrogens with zero attached hydrogens (tertiary/aromatic N) is 2. The number of nitrogens with two attached hydrogens (primary N) is 1. The molecular formula is C9H14BrN3O2. The highest BCUT2D eigenvalue weighted by molar-refractivity contribution is 9.10. The van der Waals surface area contributed by atoms with Crippen LogP contribution in [0.15, 0.2) is 10.7 Å². The van der Waals surface area contributed by atoms with E-state index in [1.807, 2.05) is 13.8 Å². The van der Waals surface area contributed by atoms with Gasteiger partial charge in [0, 0.05) is 11.6 Å². The van der Waals surface area contributed by atoms with Crippen LogP contribution in [0.4, 0.5) is 0 Å². The van der Waals surface area contributed by atoms with E-state index in [1.165, 1.54) is 11.8 Å². The van der Waals surface area contributed by atoms with E-state index < -0.39 is 11.5 Å². The minimum atomic E-state index is -0.436. The molecule has 0 fully saturated rings. The van der Waals surface area contributed by atoms with E-state index in [-0.39, 0.29) is 0 Å². The van der Waals surface area contributed by atoms with Gasteiger partial charge in [0.25, 0.3) is 0 Å². The summed E-state index contributed by atoms with van der Waals surface area (Å²) in [5, 5.41) is 4.12. The first-order chi connectivity index (χ1) is 6.83. The van der Waals surface area contributed by atoms with E-state index in [9.17, 15) is 4.79 Å². The quantitative estimate of drug-likeness (QED) is 0.841. The number of hydrogen-bond donors (Lipinski definition) is 1. The molecule has 0 aliphatic carbocycles. The average Bonchev–Trinajstić information content (AvgIpc) is 2.42. The Morgan fingerprint density at radius 3 is 2.80 bits per heavy atom. The second kappa shape index (κ2) is 4.32. The number of rotatable bonds is 3. The summed E-state index contributed by atoms with van der Waals surface area (Å²) in [6.45, 7) is 4.18. The molecule has 0 aliphatic rings. The topological polar surface area (TPSA) is 70.1 Å². The average molecular weight is 276 g/mol. The molecule has 1 rings (SSSR count). The fourth-order valence-corrected chi connectivity index (χ4v) is 1.57. The number of carbonyl (C=O) groups excluding carboxylic acids is 1. The third-order valence-corrected chi connectivity index (χ3v) is 2.09. The summed E-state index contributed by atoms with van der Waals surface area (Å²) in [6, 6.07) is 1.61. The lowest BCUT2D eigenvalue weighted by atomic mass is 10.1. The summed E-state index contributed by atoms with van der Waals surface area (Å²) < 4.78 is 6.77. The van der Waals surface area contributed by atoms with Gasteiger partial charge in [0.15, 0.2) is 0 Å². The first-order valence-electron chi connectivity index (χ1n) is 4.44. The van der Waals surface area contributed by atoms with Gasteiger partial charge in [-0.3, -0.25) is 4.68 Å². The third-order valence-electron chi connectivity index (χ3n) is 1.70. The van der Waals surface area contributed by atoms with Crippen molar-refractivity contribution in [3.63, 3.8) is 0 Å². The van der Waals surface area contributed by atoms with Crippen LogP contribution in [0.5, 0.6) is 0 Å². The molecule has 84 valence electrons. The molecule has 0 aromatic carbocycles. The van der Waals surface area contributed by atoms with Crippen LogP contribution in [0, 0.1) is 0 Å². The van der Waals surface area contributed by atoms with Crippen molar-refractivity contribution in [3.05, 3.63) is 16.4 Å². The van der Waals surface area contributed by atoms with E-state index in [0.717, 1.165) is 0 Å². The molecule has 1 aromatic rings. The van der Waals surface area contributed by atoms with Crippen molar-refractivity contribution in [2.75, 3.05) is 7.11 Å². The molecule has 0 unspecified atom stereocenters. The number of halogens is 1. The molecule has 0 aliphatic heterocycles. The molecule has 0 atom stereocenters. The number of esters is 1. The van der Waals surface area contributed by atoms with Crippen molar-refractivity contribution in [3.8, 4) is 0 Å².